The molecule has 3 heteroatoms. The van der Waals surface area contributed by atoms with Crippen molar-refractivity contribution in [2.24, 2.45) is 23.5 Å². The number of rotatable bonds is 6. The molecule has 2 rings (SSSR count). The smallest absolute Gasteiger partial charge is 0.221 e. The second kappa shape index (κ2) is 4.30. The highest BCUT2D eigenvalue weighted by Crippen LogP contribution is 2.48. The highest BCUT2D eigenvalue weighted by Gasteiger charge is 2.41. The van der Waals surface area contributed by atoms with Gasteiger partial charge in [-0.15, -0.1) is 0 Å². The van der Waals surface area contributed by atoms with Crippen molar-refractivity contribution in [2.75, 3.05) is 13.1 Å². The molecule has 0 aromatic carbocycles. The van der Waals surface area contributed by atoms with E-state index in [1.165, 1.54) is 25.7 Å². The molecule has 2 aliphatic carbocycles. The summed E-state index contributed by atoms with van der Waals surface area (Å²) in [7, 11) is 0. The Hall–Kier alpha value is -0.570. The Morgan fingerprint density at radius 1 is 1.29 bits per heavy atom. The molecular weight excluding hydrogens is 176 g/mol. The van der Waals surface area contributed by atoms with E-state index in [0.717, 1.165) is 24.3 Å². The van der Waals surface area contributed by atoms with Gasteiger partial charge >= 0.3 is 0 Å². The zero-order chi connectivity index (χ0) is 9.97. The van der Waals surface area contributed by atoms with E-state index in [9.17, 15) is 4.79 Å². The fourth-order valence-electron chi connectivity index (χ4n) is 2.22. The lowest BCUT2D eigenvalue weighted by atomic mass is 9.98. The zero-order valence-electron chi connectivity index (χ0n) is 8.67. The van der Waals surface area contributed by atoms with Crippen LogP contribution >= 0.6 is 0 Å². The van der Waals surface area contributed by atoms with Crippen LogP contribution in [0.3, 0.4) is 0 Å². The molecular formula is C11H20N2O. The van der Waals surface area contributed by atoms with Gasteiger partial charge in [-0.05, 0) is 43.4 Å². The largest absolute Gasteiger partial charge is 0.356 e. The Labute approximate surface area is 85.4 Å². The summed E-state index contributed by atoms with van der Waals surface area (Å²) in [5.41, 5.74) is 5.32. The Bertz CT molecular complexity index is 197. The Balaban J connectivity index is 1.68. The monoisotopic (exact) mass is 196 g/mol. The first-order chi connectivity index (χ1) is 6.81. The first-order valence-electron chi connectivity index (χ1n) is 5.78. The van der Waals surface area contributed by atoms with Gasteiger partial charge in [0.2, 0.25) is 5.91 Å². The molecule has 0 heterocycles. The summed E-state index contributed by atoms with van der Waals surface area (Å²) in [5, 5.41) is 3.01. The molecule has 2 aliphatic rings. The number of carbonyl (C=O) groups excluding carboxylic acids is 1. The Kier molecular flexibility index (Phi) is 3.06. The van der Waals surface area contributed by atoms with Crippen LogP contribution in [0.5, 0.6) is 0 Å². The summed E-state index contributed by atoms with van der Waals surface area (Å²) in [5.74, 6) is 2.73. The topological polar surface area (TPSA) is 55.1 Å². The van der Waals surface area contributed by atoms with Crippen molar-refractivity contribution < 1.29 is 4.79 Å². The molecule has 0 bridgehead atoms. The van der Waals surface area contributed by atoms with Crippen LogP contribution < -0.4 is 11.1 Å². The quantitative estimate of drug-likeness (QED) is 0.663. The molecule has 0 aliphatic heterocycles. The summed E-state index contributed by atoms with van der Waals surface area (Å²) in [6.45, 7) is 1.36. The minimum atomic E-state index is 0.124. The first kappa shape index (κ1) is 9.97. The maximum absolute atomic E-state index is 11.2. The fourth-order valence-corrected chi connectivity index (χ4v) is 2.22. The standard InChI is InChI=1S/C11H20N2O/c12-6-5-11(14)13-7-10(8-1-2-8)9-3-4-9/h8-10H,1-7,12H2,(H,13,14). The molecule has 3 N–H and O–H groups in total. The average Bonchev–Trinajstić information content (AvgIpc) is 3.01. The van der Waals surface area contributed by atoms with Crippen molar-refractivity contribution in [1.29, 1.82) is 0 Å². The van der Waals surface area contributed by atoms with Crippen molar-refractivity contribution in [1.82, 2.24) is 5.32 Å². The van der Waals surface area contributed by atoms with Crippen molar-refractivity contribution in [3.63, 3.8) is 0 Å². The summed E-state index contributed by atoms with van der Waals surface area (Å²) in [4.78, 5) is 11.2. The number of nitrogens with one attached hydrogen (secondary N) is 1. The number of nitrogens with two attached hydrogens (primary N) is 1. The molecule has 0 aromatic rings. The van der Waals surface area contributed by atoms with E-state index in [-0.39, 0.29) is 5.91 Å². The Morgan fingerprint density at radius 2 is 1.86 bits per heavy atom. The van der Waals surface area contributed by atoms with Crippen LogP contribution in [0, 0.1) is 17.8 Å². The molecule has 1 amide bonds. The lowest BCUT2D eigenvalue weighted by molar-refractivity contribution is -0.121. The van der Waals surface area contributed by atoms with Crippen LogP contribution in [-0.4, -0.2) is 19.0 Å². The first-order valence-corrected chi connectivity index (χ1v) is 5.78. The van der Waals surface area contributed by atoms with Crippen LogP contribution in [0.25, 0.3) is 0 Å². The minimum Gasteiger partial charge on any atom is -0.356 e. The van der Waals surface area contributed by atoms with E-state index < -0.39 is 0 Å². The van der Waals surface area contributed by atoms with Crippen LogP contribution in [0.1, 0.15) is 32.1 Å². The van der Waals surface area contributed by atoms with Gasteiger partial charge in [0, 0.05) is 19.5 Å². The molecule has 80 valence electrons. The lowest BCUT2D eigenvalue weighted by Crippen LogP contribution is -2.32. The molecule has 0 spiro atoms. The second-order valence-corrected chi connectivity index (χ2v) is 4.68. The normalized spacial score (nSPS) is 21.3. The molecule has 0 radical (unpaired) electrons. The van der Waals surface area contributed by atoms with E-state index in [1.54, 1.807) is 0 Å². The number of amides is 1. The predicted molar refractivity (Wildman–Crippen MR) is 55.6 cm³/mol. The number of carbonyl (C=O) groups is 1. The number of hydrogen-bond donors (Lipinski definition) is 2. The molecule has 14 heavy (non-hydrogen) atoms. The van der Waals surface area contributed by atoms with E-state index in [0.29, 0.717) is 13.0 Å². The summed E-state index contributed by atoms with van der Waals surface area (Å²) in [6.07, 6.45) is 6.01. The van der Waals surface area contributed by atoms with E-state index >= 15 is 0 Å². The third-order valence-corrected chi connectivity index (χ3v) is 3.36. The van der Waals surface area contributed by atoms with Gasteiger partial charge in [0.15, 0.2) is 0 Å². The second-order valence-electron chi connectivity index (χ2n) is 4.68. The SMILES string of the molecule is NCCC(=O)NCC(C1CC1)C1CC1. The summed E-state index contributed by atoms with van der Waals surface area (Å²) in [6, 6.07) is 0. The van der Waals surface area contributed by atoms with Crippen LogP contribution in [0.2, 0.25) is 0 Å². The summed E-state index contributed by atoms with van der Waals surface area (Å²) >= 11 is 0. The average molecular weight is 196 g/mol. The minimum absolute atomic E-state index is 0.124. The maximum Gasteiger partial charge on any atom is 0.221 e. The van der Waals surface area contributed by atoms with Gasteiger partial charge in [-0.25, -0.2) is 0 Å². The third-order valence-electron chi connectivity index (χ3n) is 3.36. The van der Waals surface area contributed by atoms with Gasteiger partial charge in [-0.1, -0.05) is 0 Å². The van der Waals surface area contributed by atoms with Crippen LogP contribution in [0.4, 0.5) is 0 Å². The maximum atomic E-state index is 11.2. The van der Waals surface area contributed by atoms with Crippen molar-refractivity contribution in [3.8, 4) is 0 Å². The van der Waals surface area contributed by atoms with Crippen molar-refractivity contribution in [3.05, 3.63) is 0 Å². The van der Waals surface area contributed by atoms with Crippen LogP contribution in [-0.2, 0) is 4.79 Å². The molecule has 3 nitrogen and oxygen atoms in total. The molecule has 0 saturated heterocycles. The number of hydrogen-bond acceptors (Lipinski definition) is 2. The molecule has 0 aromatic heterocycles. The molecule has 2 saturated carbocycles. The fraction of sp³-hybridized carbons (Fsp3) is 0.909. The summed E-state index contributed by atoms with van der Waals surface area (Å²) < 4.78 is 0. The lowest BCUT2D eigenvalue weighted by Gasteiger charge is -2.15. The van der Waals surface area contributed by atoms with E-state index in [4.69, 9.17) is 5.73 Å². The van der Waals surface area contributed by atoms with Gasteiger partial charge in [-0.3, -0.25) is 4.79 Å². The molecule has 2 fully saturated rings. The molecule has 0 atom stereocenters. The third kappa shape index (κ3) is 2.71. The van der Waals surface area contributed by atoms with Gasteiger partial charge in [0.05, 0.1) is 0 Å². The van der Waals surface area contributed by atoms with Gasteiger partial charge in [0.25, 0.3) is 0 Å². The highest BCUT2D eigenvalue weighted by molar-refractivity contribution is 5.76. The van der Waals surface area contributed by atoms with Gasteiger partial charge in [-0.2, -0.15) is 0 Å². The van der Waals surface area contributed by atoms with Gasteiger partial charge in [0.1, 0.15) is 0 Å². The van der Waals surface area contributed by atoms with E-state index in [1.807, 2.05) is 0 Å². The van der Waals surface area contributed by atoms with Gasteiger partial charge < -0.3 is 11.1 Å². The van der Waals surface area contributed by atoms with Crippen LogP contribution in [0.15, 0.2) is 0 Å². The van der Waals surface area contributed by atoms with E-state index in [2.05, 4.69) is 5.32 Å². The highest BCUT2D eigenvalue weighted by atomic mass is 16.1. The zero-order valence-corrected chi connectivity index (χ0v) is 8.67. The predicted octanol–water partition coefficient (Wildman–Crippen LogP) is 0.888. The molecule has 0 unspecified atom stereocenters. The Morgan fingerprint density at radius 3 is 2.29 bits per heavy atom. The van der Waals surface area contributed by atoms with Crippen molar-refractivity contribution in [2.45, 2.75) is 32.1 Å². The van der Waals surface area contributed by atoms with Crippen molar-refractivity contribution >= 4 is 5.91 Å².